The lowest BCUT2D eigenvalue weighted by Crippen LogP contribution is -2.42. The number of Topliss-reactive ketones (excluding diaryl/α,β-unsaturated/α-hetero) is 2. The Bertz CT molecular complexity index is 740. The summed E-state index contributed by atoms with van der Waals surface area (Å²) >= 11 is 4.73. The molecule has 2 aliphatic carbocycles. The molecule has 0 aromatic carbocycles. The SMILES string of the molecule is CC1(C)C2CCC1(CS(=O)(=O)O)C(=O)C2.CCCCC(S)(CCCC)C(=O)C(C)(C)C. The standard InChI is InChI=1S/C14H28OS.C10H16O4S/c1-6-8-10-14(16,11-9-7-2)12(15)13(3,4)5;1-9(2)7-3-4-10(9,8(11)5-7)6-15(12,13)14/h16H,6-11H2,1-5H3;7H,3-6H2,1-2H3,(H,12,13,14). The molecule has 0 aromatic heterocycles. The maximum atomic E-state index is 12.4. The molecular weight excluding hydrogens is 432 g/mol. The Morgan fingerprint density at radius 2 is 1.61 bits per heavy atom. The zero-order valence-corrected chi connectivity index (χ0v) is 22.3. The first-order chi connectivity index (χ1) is 14.0. The van der Waals surface area contributed by atoms with Gasteiger partial charge in [-0.05, 0) is 37.0 Å². The summed E-state index contributed by atoms with van der Waals surface area (Å²) in [5.41, 5.74) is -1.39. The Morgan fingerprint density at radius 1 is 1.13 bits per heavy atom. The van der Waals surface area contributed by atoms with Crippen molar-refractivity contribution in [3.63, 3.8) is 0 Å². The van der Waals surface area contributed by atoms with E-state index >= 15 is 0 Å². The first-order valence-corrected chi connectivity index (χ1v) is 13.8. The third-order valence-electron chi connectivity index (χ3n) is 7.56. The van der Waals surface area contributed by atoms with Gasteiger partial charge in [0, 0.05) is 11.8 Å². The summed E-state index contributed by atoms with van der Waals surface area (Å²) in [6.07, 6.45) is 8.26. The molecule has 2 unspecified atom stereocenters. The molecule has 0 aromatic rings. The third kappa shape index (κ3) is 6.57. The van der Waals surface area contributed by atoms with Crippen molar-refractivity contribution in [2.45, 2.75) is 111 Å². The summed E-state index contributed by atoms with van der Waals surface area (Å²) in [7, 11) is -4.08. The summed E-state index contributed by atoms with van der Waals surface area (Å²) in [5.74, 6) is 0.209. The predicted molar refractivity (Wildman–Crippen MR) is 130 cm³/mol. The molecule has 182 valence electrons. The fourth-order valence-electron chi connectivity index (χ4n) is 5.41. The molecule has 0 heterocycles. The molecule has 0 spiro atoms. The maximum absolute atomic E-state index is 12.4. The normalized spacial score (nSPS) is 25.3. The maximum Gasteiger partial charge on any atom is 0.265 e. The largest absolute Gasteiger partial charge is 0.299 e. The second kappa shape index (κ2) is 10.3. The average Bonchev–Trinajstić information content (AvgIpc) is 2.96. The summed E-state index contributed by atoms with van der Waals surface area (Å²) in [4.78, 5) is 24.3. The highest BCUT2D eigenvalue weighted by molar-refractivity contribution is 7.85. The van der Waals surface area contributed by atoms with Crippen molar-refractivity contribution in [2.24, 2.45) is 22.2 Å². The van der Waals surface area contributed by atoms with Gasteiger partial charge in [-0.25, -0.2) is 0 Å². The van der Waals surface area contributed by atoms with Gasteiger partial charge in [-0.1, -0.05) is 74.1 Å². The molecule has 2 aliphatic rings. The Morgan fingerprint density at radius 3 is 1.90 bits per heavy atom. The summed E-state index contributed by atoms with van der Waals surface area (Å²) < 4.78 is 30.6. The molecule has 31 heavy (non-hydrogen) atoms. The van der Waals surface area contributed by atoms with Crippen LogP contribution in [0.1, 0.15) is 106 Å². The van der Waals surface area contributed by atoms with Gasteiger partial charge >= 0.3 is 0 Å². The van der Waals surface area contributed by atoms with E-state index in [9.17, 15) is 18.0 Å². The van der Waals surface area contributed by atoms with Gasteiger partial charge in [-0.3, -0.25) is 14.1 Å². The minimum atomic E-state index is -4.08. The van der Waals surface area contributed by atoms with Gasteiger partial charge in [-0.15, -0.1) is 0 Å². The molecule has 2 rings (SSSR count). The van der Waals surface area contributed by atoms with Gasteiger partial charge in [0.2, 0.25) is 0 Å². The molecule has 0 amide bonds. The Labute approximate surface area is 195 Å². The topological polar surface area (TPSA) is 88.5 Å². The molecule has 0 saturated heterocycles. The van der Waals surface area contributed by atoms with Gasteiger partial charge in [0.05, 0.1) is 15.9 Å². The number of rotatable bonds is 9. The van der Waals surface area contributed by atoms with Gasteiger partial charge in [0.1, 0.15) is 5.78 Å². The molecule has 7 heteroatoms. The highest BCUT2D eigenvalue weighted by atomic mass is 32.2. The van der Waals surface area contributed by atoms with Crippen LogP contribution >= 0.6 is 12.6 Å². The van der Waals surface area contributed by atoms with Crippen LogP contribution in [0.15, 0.2) is 0 Å². The fraction of sp³-hybridized carbons (Fsp3) is 0.917. The Hall–Kier alpha value is -0.400. The zero-order chi connectivity index (χ0) is 24.3. The van der Waals surface area contributed by atoms with E-state index in [2.05, 4.69) is 13.8 Å². The van der Waals surface area contributed by atoms with E-state index in [1.54, 1.807) is 0 Å². The van der Waals surface area contributed by atoms with E-state index in [0.29, 0.717) is 18.6 Å². The van der Waals surface area contributed by atoms with E-state index in [1.807, 2.05) is 34.6 Å². The lowest BCUT2D eigenvalue weighted by Gasteiger charge is -2.35. The Balaban J connectivity index is 0.000000310. The molecule has 2 bridgehead atoms. The van der Waals surface area contributed by atoms with E-state index in [0.717, 1.165) is 44.9 Å². The summed E-state index contributed by atoms with van der Waals surface area (Å²) in [6.45, 7) is 14.2. The Kier molecular flexibility index (Phi) is 9.47. The van der Waals surface area contributed by atoms with Crippen molar-refractivity contribution < 1.29 is 22.6 Å². The molecule has 0 radical (unpaired) electrons. The first kappa shape index (κ1) is 28.6. The van der Waals surface area contributed by atoms with Crippen molar-refractivity contribution in [3.8, 4) is 0 Å². The smallest absolute Gasteiger partial charge is 0.265 e. The minimum Gasteiger partial charge on any atom is -0.299 e. The monoisotopic (exact) mass is 476 g/mol. The summed E-state index contributed by atoms with van der Waals surface area (Å²) in [6, 6.07) is 0. The van der Waals surface area contributed by atoms with Gasteiger partial charge in [0.25, 0.3) is 10.1 Å². The quantitative estimate of drug-likeness (QED) is 0.318. The van der Waals surface area contributed by atoms with Gasteiger partial charge < -0.3 is 0 Å². The number of carbonyl (C=O) groups is 2. The van der Waals surface area contributed by atoms with Crippen LogP contribution < -0.4 is 0 Å². The molecule has 2 atom stereocenters. The number of unbranched alkanes of at least 4 members (excludes halogenated alkanes) is 2. The van der Waals surface area contributed by atoms with Crippen molar-refractivity contribution in [1.29, 1.82) is 0 Å². The third-order valence-corrected chi connectivity index (χ3v) is 9.07. The van der Waals surface area contributed by atoms with Crippen LogP contribution in [0.5, 0.6) is 0 Å². The van der Waals surface area contributed by atoms with Gasteiger partial charge in [-0.2, -0.15) is 21.0 Å². The zero-order valence-electron chi connectivity index (χ0n) is 20.6. The molecule has 1 N–H and O–H groups in total. The number of fused-ring (bicyclic) bond motifs is 2. The van der Waals surface area contributed by atoms with Crippen LogP contribution in [0.4, 0.5) is 0 Å². The van der Waals surface area contributed by atoms with E-state index < -0.39 is 26.0 Å². The lowest BCUT2D eigenvalue weighted by atomic mass is 9.70. The first-order valence-electron chi connectivity index (χ1n) is 11.7. The second-order valence-corrected chi connectivity index (χ2v) is 13.5. The van der Waals surface area contributed by atoms with Crippen molar-refractivity contribution in [2.75, 3.05) is 5.75 Å². The number of thiol groups is 1. The predicted octanol–water partition coefficient (Wildman–Crippen LogP) is 5.92. The number of hydrogen-bond donors (Lipinski definition) is 2. The average molecular weight is 477 g/mol. The van der Waals surface area contributed by atoms with Gasteiger partial charge in [0.15, 0.2) is 5.78 Å². The second-order valence-electron chi connectivity index (χ2n) is 11.2. The van der Waals surface area contributed by atoms with Crippen LogP contribution in [0, 0.1) is 22.2 Å². The van der Waals surface area contributed by atoms with Crippen LogP contribution in [-0.2, 0) is 19.7 Å². The highest BCUT2D eigenvalue weighted by Gasteiger charge is 2.65. The number of carbonyl (C=O) groups excluding carboxylic acids is 2. The van der Waals surface area contributed by atoms with Crippen molar-refractivity contribution in [1.82, 2.24) is 0 Å². The van der Waals surface area contributed by atoms with Crippen molar-refractivity contribution >= 4 is 34.3 Å². The van der Waals surface area contributed by atoms with Crippen LogP contribution in [-0.4, -0.2) is 35.0 Å². The molecule has 0 aliphatic heterocycles. The van der Waals surface area contributed by atoms with E-state index in [1.165, 1.54) is 0 Å². The number of hydrogen-bond acceptors (Lipinski definition) is 5. The lowest BCUT2D eigenvalue weighted by molar-refractivity contribution is -0.129. The van der Waals surface area contributed by atoms with Crippen LogP contribution in [0.25, 0.3) is 0 Å². The number of ketones is 2. The van der Waals surface area contributed by atoms with E-state index in [-0.39, 0.29) is 22.5 Å². The molecule has 2 fully saturated rings. The fourth-order valence-corrected chi connectivity index (χ4v) is 7.36. The van der Waals surface area contributed by atoms with Crippen molar-refractivity contribution in [3.05, 3.63) is 0 Å². The van der Waals surface area contributed by atoms with Crippen LogP contribution in [0.3, 0.4) is 0 Å². The minimum absolute atomic E-state index is 0.0152. The van der Waals surface area contributed by atoms with Crippen LogP contribution in [0.2, 0.25) is 0 Å². The molecule has 5 nitrogen and oxygen atoms in total. The summed E-state index contributed by atoms with van der Waals surface area (Å²) in [5, 5.41) is 0. The molecular formula is C24H44O5S2. The molecule has 2 saturated carbocycles. The highest BCUT2D eigenvalue weighted by Crippen LogP contribution is 2.64. The van der Waals surface area contributed by atoms with E-state index in [4.69, 9.17) is 17.2 Å².